The Labute approximate surface area is 136 Å². The quantitative estimate of drug-likeness (QED) is 0.488. The molecule has 0 saturated heterocycles. The van der Waals surface area contributed by atoms with Gasteiger partial charge in [0.2, 0.25) is 0 Å². The molecule has 0 heterocycles. The zero-order valence-electron chi connectivity index (χ0n) is 10.9. The van der Waals surface area contributed by atoms with Crippen LogP contribution >= 0.6 is 35.6 Å². The van der Waals surface area contributed by atoms with E-state index >= 15 is 0 Å². The van der Waals surface area contributed by atoms with Gasteiger partial charge in [0.25, 0.3) is 0 Å². The number of hydrogen-bond acceptors (Lipinski definition) is 1. The van der Waals surface area contributed by atoms with Crippen molar-refractivity contribution in [1.82, 2.24) is 4.90 Å². The van der Waals surface area contributed by atoms with Crippen molar-refractivity contribution in [2.45, 2.75) is 37.3 Å². The van der Waals surface area contributed by atoms with Gasteiger partial charge in [0.15, 0.2) is 5.96 Å². The van der Waals surface area contributed by atoms with Crippen molar-refractivity contribution in [3.63, 3.8) is 0 Å². The monoisotopic (exact) mass is 391 g/mol. The molecule has 19 heavy (non-hydrogen) atoms. The lowest BCUT2D eigenvalue weighted by Gasteiger charge is -2.16. The minimum absolute atomic E-state index is 0. The maximum absolute atomic E-state index is 6.02. The summed E-state index contributed by atoms with van der Waals surface area (Å²) in [5.74, 6) is 1.18. The number of hydrogen-bond donors (Lipinski definition) is 1. The molecule has 104 valence electrons. The van der Waals surface area contributed by atoms with E-state index in [1.165, 1.54) is 18.4 Å². The molecule has 0 spiro atoms. The van der Waals surface area contributed by atoms with E-state index in [1.54, 1.807) is 0 Å². The fourth-order valence-corrected chi connectivity index (χ4v) is 2.53. The Bertz CT molecular complexity index is 487. The first-order valence-electron chi connectivity index (χ1n) is 6.46. The van der Waals surface area contributed by atoms with Gasteiger partial charge in [-0.3, -0.25) is 0 Å². The zero-order valence-corrected chi connectivity index (χ0v) is 14.0. The maximum Gasteiger partial charge on any atom is 0.191 e. The van der Waals surface area contributed by atoms with Crippen LogP contribution in [-0.2, 0) is 0 Å². The van der Waals surface area contributed by atoms with Crippen LogP contribution in [0, 0.1) is 0 Å². The summed E-state index contributed by atoms with van der Waals surface area (Å²) in [6.45, 7) is 0. The van der Waals surface area contributed by atoms with Gasteiger partial charge in [0, 0.05) is 24.0 Å². The first-order valence-corrected chi connectivity index (χ1v) is 6.84. The number of nitrogens with two attached hydrogens (primary N) is 1. The predicted octanol–water partition coefficient (Wildman–Crippen LogP) is 3.22. The van der Waals surface area contributed by atoms with Gasteiger partial charge in [-0.15, -0.1) is 24.0 Å². The topological polar surface area (TPSA) is 41.6 Å². The fourth-order valence-electron chi connectivity index (χ4n) is 2.33. The molecule has 2 aliphatic carbocycles. The van der Waals surface area contributed by atoms with Crippen molar-refractivity contribution in [3.8, 4) is 0 Å². The zero-order chi connectivity index (χ0) is 12.7. The van der Waals surface area contributed by atoms with Crippen molar-refractivity contribution < 1.29 is 0 Å². The molecule has 2 saturated carbocycles. The predicted molar refractivity (Wildman–Crippen MR) is 90.4 cm³/mol. The summed E-state index contributed by atoms with van der Waals surface area (Å²) < 4.78 is 0. The molecule has 1 aromatic carbocycles. The SMILES string of the molecule is CN(C(N)=N[C@@H]1C[C@H]1c1cccc(Cl)c1)C1CC1.I. The number of halogens is 2. The third kappa shape index (κ3) is 3.54. The highest BCUT2D eigenvalue weighted by molar-refractivity contribution is 14.0. The molecule has 0 bridgehead atoms. The molecule has 5 heteroatoms. The van der Waals surface area contributed by atoms with Gasteiger partial charge in [0.1, 0.15) is 0 Å². The standard InChI is InChI=1S/C14H18ClN3.HI/c1-18(11-5-6-11)14(16)17-13-8-12(13)9-3-2-4-10(15)7-9;/h2-4,7,11-13H,5-6,8H2,1H3,(H2,16,17);1H/t12-,13+;/m0./s1. The van der Waals surface area contributed by atoms with E-state index in [-0.39, 0.29) is 24.0 Å². The molecule has 2 aliphatic rings. The van der Waals surface area contributed by atoms with E-state index in [4.69, 9.17) is 17.3 Å². The summed E-state index contributed by atoms with van der Waals surface area (Å²) in [5, 5.41) is 0.796. The minimum Gasteiger partial charge on any atom is -0.370 e. The molecule has 3 nitrogen and oxygen atoms in total. The van der Waals surface area contributed by atoms with E-state index < -0.39 is 0 Å². The molecule has 0 unspecified atom stereocenters. The van der Waals surface area contributed by atoms with Crippen molar-refractivity contribution in [2.24, 2.45) is 10.7 Å². The van der Waals surface area contributed by atoms with Gasteiger partial charge < -0.3 is 10.6 Å². The lowest BCUT2D eigenvalue weighted by atomic mass is 10.1. The largest absolute Gasteiger partial charge is 0.370 e. The van der Waals surface area contributed by atoms with Gasteiger partial charge in [0.05, 0.1) is 6.04 Å². The Kier molecular flexibility index (Phi) is 4.61. The smallest absolute Gasteiger partial charge is 0.191 e. The van der Waals surface area contributed by atoms with Crippen LogP contribution in [-0.4, -0.2) is 30.0 Å². The van der Waals surface area contributed by atoms with E-state index in [9.17, 15) is 0 Å². The van der Waals surface area contributed by atoms with Crippen LogP contribution in [0.3, 0.4) is 0 Å². The molecule has 1 aromatic rings. The average Bonchev–Trinajstić information content (AvgIpc) is 3.22. The van der Waals surface area contributed by atoms with Crippen LogP contribution in [0.25, 0.3) is 0 Å². The van der Waals surface area contributed by atoms with Crippen LogP contribution in [0.5, 0.6) is 0 Å². The van der Waals surface area contributed by atoms with E-state index in [0.29, 0.717) is 24.0 Å². The molecule has 0 aromatic heterocycles. The van der Waals surface area contributed by atoms with Gasteiger partial charge in [-0.1, -0.05) is 23.7 Å². The van der Waals surface area contributed by atoms with Crippen LogP contribution < -0.4 is 5.73 Å². The first kappa shape index (κ1) is 14.9. The third-order valence-corrected chi connectivity index (χ3v) is 4.02. The van der Waals surface area contributed by atoms with Gasteiger partial charge in [-0.05, 0) is 37.0 Å². The second-order valence-electron chi connectivity index (χ2n) is 5.29. The maximum atomic E-state index is 6.02. The third-order valence-electron chi connectivity index (χ3n) is 3.79. The highest BCUT2D eigenvalue weighted by atomic mass is 127. The molecule has 0 radical (unpaired) electrons. The van der Waals surface area contributed by atoms with E-state index in [0.717, 1.165) is 11.4 Å². The van der Waals surface area contributed by atoms with Crippen molar-refractivity contribution in [3.05, 3.63) is 34.9 Å². The molecular weight excluding hydrogens is 373 g/mol. The highest BCUT2D eigenvalue weighted by Gasteiger charge is 2.39. The molecule has 2 N–H and O–H groups in total. The Morgan fingerprint density at radius 1 is 1.42 bits per heavy atom. The summed E-state index contributed by atoms with van der Waals surface area (Å²) in [7, 11) is 2.03. The second-order valence-corrected chi connectivity index (χ2v) is 5.73. The molecule has 3 rings (SSSR count). The summed E-state index contributed by atoms with van der Waals surface area (Å²) in [6.07, 6.45) is 3.57. The number of benzene rings is 1. The van der Waals surface area contributed by atoms with Crippen molar-refractivity contribution >= 4 is 41.5 Å². The Hall–Kier alpha value is -0.490. The average molecular weight is 392 g/mol. The molecule has 2 atom stereocenters. The fraction of sp³-hybridized carbons (Fsp3) is 0.500. The van der Waals surface area contributed by atoms with Gasteiger partial charge in [-0.2, -0.15) is 0 Å². The van der Waals surface area contributed by atoms with Crippen LogP contribution in [0.2, 0.25) is 5.02 Å². The minimum atomic E-state index is 0. The van der Waals surface area contributed by atoms with Crippen LogP contribution in [0.15, 0.2) is 29.3 Å². The first-order chi connectivity index (χ1) is 8.65. The van der Waals surface area contributed by atoms with Crippen molar-refractivity contribution in [2.75, 3.05) is 7.05 Å². The van der Waals surface area contributed by atoms with Gasteiger partial charge in [-0.25, -0.2) is 4.99 Å². The molecule has 2 fully saturated rings. The number of rotatable bonds is 3. The number of nitrogens with zero attached hydrogens (tertiary/aromatic N) is 2. The normalized spacial score (nSPS) is 25.7. The van der Waals surface area contributed by atoms with Crippen LogP contribution in [0.4, 0.5) is 0 Å². The lowest BCUT2D eigenvalue weighted by molar-refractivity contribution is 0.487. The summed E-state index contributed by atoms with van der Waals surface area (Å²) in [5.41, 5.74) is 7.30. The highest BCUT2D eigenvalue weighted by Crippen LogP contribution is 2.44. The van der Waals surface area contributed by atoms with Crippen molar-refractivity contribution in [1.29, 1.82) is 0 Å². The van der Waals surface area contributed by atoms with Gasteiger partial charge >= 0.3 is 0 Å². The number of guanidine groups is 1. The van der Waals surface area contributed by atoms with Crippen LogP contribution in [0.1, 0.15) is 30.7 Å². The summed E-state index contributed by atoms with van der Waals surface area (Å²) >= 11 is 6.00. The number of aliphatic imine (C=N–C) groups is 1. The summed E-state index contributed by atoms with van der Waals surface area (Å²) in [4.78, 5) is 6.72. The molecule has 0 aliphatic heterocycles. The molecule has 0 amide bonds. The summed E-state index contributed by atoms with van der Waals surface area (Å²) in [6, 6.07) is 9.01. The Morgan fingerprint density at radius 2 is 2.16 bits per heavy atom. The van der Waals surface area contributed by atoms with E-state index in [2.05, 4.69) is 16.0 Å². The second kappa shape index (κ2) is 5.87. The Morgan fingerprint density at radius 3 is 2.79 bits per heavy atom. The van der Waals surface area contributed by atoms with E-state index in [1.807, 2.05) is 25.2 Å². The Balaban J connectivity index is 0.00000133. The lowest BCUT2D eigenvalue weighted by Crippen LogP contribution is -2.36. The molecular formula is C14H19ClIN3.